The molecule has 1 aliphatic heterocycles. The van der Waals surface area contributed by atoms with Crippen LogP contribution in [0.1, 0.15) is 0 Å². The van der Waals surface area contributed by atoms with E-state index in [0.717, 1.165) is 10.2 Å². The third kappa shape index (κ3) is 2.70. The number of nitrogens with two attached hydrogens (primary N) is 4. The first-order valence-electron chi connectivity index (χ1n) is 4.61. The highest BCUT2D eigenvalue weighted by molar-refractivity contribution is 5.71. The Hall–Kier alpha value is -1.62. The molecule has 0 unspecified atom stereocenters. The summed E-state index contributed by atoms with van der Waals surface area (Å²) in [6, 6.07) is -1.49. The molecule has 1 saturated heterocycles. The van der Waals surface area contributed by atoms with Gasteiger partial charge < -0.3 is 11.5 Å². The fraction of sp³-hybridized carbons (Fsp3) is 0.667. The molecule has 8 N–H and O–H groups in total. The third-order valence-corrected chi connectivity index (χ3v) is 2.29. The summed E-state index contributed by atoms with van der Waals surface area (Å²) in [6.07, 6.45) is 0. The quantitative estimate of drug-likeness (QED) is 0.225. The first kappa shape index (κ1) is 12.4. The van der Waals surface area contributed by atoms with Crippen molar-refractivity contribution < 1.29 is 9.59 Å². The van der Waals surface area contributed by atoms with Gasteiger partial charge in [0.1, 0.15) is 0 Å². The number of hydrazine groups is 4. The lowest BCUT2D eigenvalue weighted by Crippen LogP contribution is -2.64. The maximum absolute atomic E-state index is 10.8. The second-order valence-corrected chi connectivity index (χ2v) is 3.27. The lowest BCUT2D eigenvalue weighted by Gasteiger charge is -2.40. The summed E-state index contributed by atoms with van der Waals surface area (Å²) in [6.45, 7) is 1.67. The topological polar surface area (TPSA) is 151 Å². The Labute approximate surface area is 92.2 Å². The Balaban J connectivity index is 2.45. The second-order valence-electron chi connectivity index (χ2n) is 3.27. The second kappa shape index (κ2) is 4.94. The third-order valence-electron chi connectivity index (χ3n) is 2.29. The van der Waals surface area contributed by atoms with Crippen molar-refractivity contribution in [3.63, 3.8) is 0 Å². The van der Waals surface area contributed by atoms with Gasteiger partial charge in [-0.3, -0.25) is 0 Å². The molecular weight excluding hydrogens is 216 g/mol. The molecule has 0 aromatic heterocycles. The van der Waals surface area contributed by atoms with Crippen LogP contribution in [-0.2, 0) is 0 Å². The van der Waals surface area contributed by atoms with Crippen LogP contribution in [0.15, 0.2) is 0 Å². The minimum absolute atomic E-state index is 0.417. The van der Waals surface area contributed by atoms with Crippen molar-refractivity contribution in [2.75, 3.05) is 26.2 Å². The van der Waals surface area contributed by atoms with Gasteiger partial charge in [0.05, 0.1) is 0 Å². The number of carbonyl (C=O) groups excluding carboxylic acids is 2. The number of hydrogen-bond donors (Lipinski definition) is 4. The predicted octanol–water partition coefficient (Wildman–Crippen LogP) is -3.06. The molecule has 0 spiro atoms. The van der Waals surface area contributed by atoms with Crippen LogP contribution in [0.5, 0.6) is 0 Å². The summed E-state index contributed by atoms with van der Waals surface area (Å²) in [4.78, 5) is 21.6. The highest BCUT2D eigenvalue weighted by Gasteiger charge is 2.25. The van der Waals surface area contributed by atoms with Crippen LogP contribution < -0.4 is 23.2 Å². The van der Waals surface area contributed by atoms with Gasteiger partial charge in [-0.15, -0.1) is 0 Å². The summed E-state index contributed by atoms with van der Waals surface area (Å²) >= 11 is 0. The van der Waals surface area contributed by atoms with Gasteiger partial charge in [0.15, 0.2) is 0 Å². The van der Waals surface area contributed by atoms with E-state index in [1.807, 2.05) is 0 Å². The number of hydrogen-bond acceptors (Lipinski definition) is 6. The maximum Gasteiger partial charge on any atom is 0.344 e. The molecule has 1 rings (SSSR count). The fourth-order valence-corrected chi connectivity index (χ4v) is 1.40. The van der Waals surface area contributed by atoms with E-state index in [0.29, 0.717) is 26.2 Å². The lowest BCUT2D eigenvalue weighted by atomic mass is 10.4. The SMILES string of the molecule is NC(=O)N(N)N1CCN(N(N)C(N)=O)CC1. The summed E-state index contributed by atoms with van der Waals surface area (Å²) in [7, 11) is 0. The van der Waals surface area contributed by atoms with Crippen LogP contribution in [0.25, 0.3) is 0 Å². The van der Waals surface area contributed by atoms with Crippen molar-refractivity contribution in [2.24, 2.45) is 23.2 Å². The highest BCUT2D eigenvalue weighted by atomic mass is 16.2. The molecular formula is C6H16N8O2. The molecule has 0 aromatic rings. The molecule has 92 valence electrons. The van der Waals surface area contributed by atoms with E-state index in [1.54, 1.807) is 10.0 Å². The van der Waals surface area contributed by atoms with Gasteiger partial charge in [-0.2, -0.15) is 20.3 Å². The molecule has 10 heteroatoms. The fourth-order valence-electron chi connectivity index (χ4n) is 1.40. The molecule has 4 amide bonds. The Bertz CT molecular complexity index is 248. The normalized spacial score (nSPS) is 18.1. The standard InChI is InChI=1S/C6H16N8O2/c7-5(15)13(9)11-1-2-12(4-3-11)14(10)6(8)16/h1-4,9-10H2,(H2,7,15)(H2,8,16). The number of primary amides is 2. The first-order chi connectivity index (χ1) is 7.43. The van der Waals surface area contributed by atoms with Crippen LogP contribution in [0.4, 0.5) is 9.59 Å². The van der Waals surface area contributed by atoms with Crippen molar-refractivity contribution in [1.82, 2.24) is 20.3 Å². The van der Waals surface area contributed by atoms with E-state index in [-0.39, 0.29) is 0 Å². The summed E-state index contributed by atoms with van der Waals surface area (Å²) in [5, 5.41) is 4.77. The van der Waals surface area contributed by atoms with Gasteiger partial charge in [0, 0.05) is 26.2 Å². The average molecular weight is 232 g/mol. The van der Waals surface area contributed by atoms with Gasteiger partial charge in [-0.1, -0.05) is 0 Å². The zero-order valence-corrected chi connectivity index (χ0v) is 8.74. The smallest absolute Gasteiger partial charge is 0.344 e. The molecule has 1 aliphatic rings. The van der Waals surface area contributed by atoms with Gasteiger partial charge in [0.25, 0.3) is 0 Å². The lowest BCUT2D eigenvalue weighted by molar-refractivity contribution is -0.0773. The Morgan fingerprint density at radius 1 is 0.812 bits per heavy atom. The highest BCUT2D eigenvalue weighted by Crippen LogP contribution is 2.03. The van der Waals surface area contributed by atoms with Crippen LogP contribution >= 0.6 is 0 Å². The van der Waals surface area contributed by atoms with Crippen molar-refractivity contribution in [3.05, 3.63) is 0 Å². The van der Waals surface area contributed by atoms with Crippen LogP contribution in [0.2, 0.25) is 0 Å². The minimum atomic E-state index is -0.743. The Morgan fingerprint density at radius 2 is 1.06 bits per heavy atom. The van der Waals surface area contributed by atoms with Crippen molar-refractivity contribution in [3.8, 4) is 0 Å². The average Bonchev–Trinajstić information content (AvgIpc) is 2.27. The molecule has 0 bridgehead atoms. The van der Waals surface area contributed by atoms with Crippen molar-refractivity contribution in [2.45, 2.75) is 0 Å². The summed E-state index contributed by atoms with van der Waals surface area (Å²) in [5.41, 5.74) is 10.0. The first-order valence-corrected chi connectivity index (χ1v) is 4.61. The summed E-state index contributed by atoms with van der Waals surface area (Å²) in [5.74, 6) is 10.8. The largest absolute Gasteiger partial charge is 0.349 e. The number of carbonyl (C=O) groups is 2. The van der Waals surface area contributed by atoms with E-state index in [9.17, 15) is 9.59 Å². The van der Waals surface area contributed by atoms with E-state index in [1.165, 1.54) is 0 Å². The van der Waals surface area contributed by atoms with E-state index in [2.05, 4.69) is 0 Å². The number of piperazine rings is 1. The summed E-state index contributed by atoms with van der Waals surface area (Å²) < 4.78 is 0. The van der Waals surface area contributed by atoms with E-state index < -0.39 is 12.1 Å². The van der Waals surface area contributed by atoms with Gasteiger partial charge in [-0.25, -0.2) is 21.3 Å². The zero-order valence-electron chi connectivity index (χ0n) is 8.74. The minimum Gasteiger partial charge on any atom is -0.349 e. The van der Waals surface area contributed by atoms with Gasteiger partial charge in [0.2, 0.25) is 0 Å². The Morgan fingerprint density at radius 3 is 1.25 bits per heavy atom. The number of urea groups is 2. The van der Waals surface area contributed by atoms with Gasteiger partial charge >= 0.3 is 12.1 Å². The maximum atomic E-state index is 10.8. The van der Waals surface area contributed by atoms with E-state index >= 15 is 0 Å². The molecule has 1 fully saturated rings. The molecule has 0 atom stereocenters. The van der Waals surface area contributed by atoms with Gasteiger partial charge in [-0.05, 0) is 0 Å². The van der Waals surface area contributed by atoms with Crippen molar-refractivity contribution >= 4 is 12.1 Å². The zero-order chi connectivity index (χ0) is 12.3. The van der Waals surface area contributed by atoms with Crippen molar-refractivity contribution in [1.29, 1.82) is 0 Å². The molecule has 1 heterocycles. The van der Waals surface area contributed by atoms with E-state index in [4.69, 9.17) is 23.2 Å². The van der Waals surface area contributed by atoms with Crippen LogP contribution in [0, 0.1) is 0 Å². The molecule has 0 saturated carbocycles. The Kier molecular flexibility index (Phi) is 3.84. The number of amides is 4. The molecule has 0 aromatic carbocycles. The van der Waals surface area contributed by atoms with Crippen LogP contribution in [-0.4, -0.2) is 58.5 Å². The van der Waals surface area contributed by atoms with Crippen LogP contribution in [0.3, 0.4) is 0 Å². The molecule has 16 heavy (non-hydrogen) atoms. The number of nitrogens with zero attached hydrogens (tertiary/aromatic N) is 4. The molecule has 0 radical (unpaired) electrons. The number of rotatable bonds is 2. The predicted molar refractivity (Wildman–Crippen MR) is 54.4 cm³/mol. The molecule has 10 nitrogen and oxygen atoms in total. The molecule has 0 aliphatic carbocycles. The monoisotopic (exact) mass is 232 g/mol.